The van der Waals surface area contributed by atoms with Gasteiger partial charge in [0.05, 0.1) is 26.9 Å². The maximum absolute atomic E-state index is 12.5. The minimum absolute atomic E-state index is 0.0417. The molecule has 0 radical (unpaired) electrons. The topological polar surface area (TPSA) is 60.0 Å². The molecule has 7 heteroatoms. The third-order valence-corrected chi connectivity index (χ3v) is 5.86. The highest BCUT2D eigenvalue weighted by Gasteiger charge is 2.21. The van der Waals surface area contributed by atoms with Crippen LogP contribution in [0.4, 0.5) is 0 Å². The molecule has 158 valence electrons. The fourth-order valence-corrected chi connectivity index (χ4v) is 4.27. The lowest BCUT2D eigenvalue weighted by Gasteiger charge is -2.24. The van der Waals surface area contributed by atoms with Gasteiger partial charge in [0, 0.05) is 31.1 Å². The van der Waals surface area contributed by atoms with Gasteiger partial charge in [-0.25, -0.2) is 0 Å². The molecule has 0 bridgehead atoms. The Morgan fingerprint density at radius 2 is 2.14 bits per heavy atom. The maximum atomic E-state index is 12.5. The molecule has 0 saturated carbocycles. The molecular weight excluding hydrogens is 388 g/mol. The van der Waals surface area contributed by atoms with Crippen LogP contribution in [0, 0.1) is 0 Å². The van der Waals surface area contributed by atoms with Gasteiger partial charge in [0.25, 0.3) is 0 Å². The zero-order chi connectivity index (χ0) is 20.5. The van der Waals surface area contributed by atoms with E-state index in [9.17, 15) is 4.79 Å². The van der Waals surface area contributed by atoms with Crippen molar-refractivity contribution in [2.24, 2.45) is 0 Å². The summed E-state index contributed by atoms with van der Waals surface area (Å²) in [6.45, 7) is 3.36. The molecule has 1 aliphatic rings. The number of benzene rings is 1. The van der Waals surface area contributed by atoms with Crippen molar-refractivity contribution in [2.45, 2.75) is 31.9 Å². The van der Waals surface area contributed by atoms with Gasteiger partial charge in [-0.2, -0.15) is 0 Å². The summed E-state index contributed by atoms with van der Waals surface area (Å²) < 4.78 is 16.4. The van der Waals surface area contributed by atoms with E-state index < -0.39 is 0 Å². The highest BCUT2D eigenvalue weighted by Crippen LogP contribution is 2.27. The second kappa shape index (κ2) is 11.2. The van der Waals surface area contributed by atoms with E-state index in [0.717, 1.165) is 44.5 Å². The molecular formula is C22H30N2O4S. The third kappa shape index (κ3) is 6.73. The molecule has 6 nitrogen and oxygen atoms in total. The SMILES string of the molecule is COc1ccc(CCNC(=O)CN(Cc2cccs2)CC2CCCO2)cc1OC. The van der Waals surface area contributed by atoms with Gasteiger partial charge >= 0.3 is 0 Å². The minimum atomic E-state index is 0.0417. The molecule has 0 aliphatic carbocycles. The smallest absolute Gasteiger partial charge is 0.234 e. The largest absolute Gasteiger partial charge is 0.493 e. The molecule has 1 aliphatic heterocycles. The Morgan fingerprint density at radius 3 is 2.83 bits per heavy atom. The van der Waals surface area contributed by atoms with Crippen molar-refractivity contribution in [3.05, 3.63) is 46.2 Å². The Balaban J connectivity index is 1.48. The average molecular weight is 419 g/mol. The summed E-state index contributed by atoms with van der Waals surface area (Å²) in [4.78, 5) is 16.0. The van der Waals surface area contributed by atoms with E-state index in [4.69, 9.17) is 14.2 Å². The van der Waals surface area contributed by atoms with Crippen molar-refractivity contribution < 1.29 is 19.0 Å². The number of nitrogens with zero attached hydrogens (tertiary/aromatic N) is 1. The molecule has 0 spiro atoms. The van der Waals surface area contributed by atoms with Crippen molar-refractivity contribution in [1.82, 2.24) is 10.2 Å². The second-order valence-electron chi connectivity index (χ2n) is 7.17. The van der Waals surface area contributed by atoms with E-state index in [0.29, 0.717) is 24.6 Å². The first-order chi connectivity index (χ1) is 14.2. The molecule has 1 aromatic carbocycles. The standard InChI is InChI=1S/C22H30N2O4S/c1-26-20-8-7-17(13-21(20)27-2)9-10-23-22(25)16-24(14-18-5-3-11-28-18)15-19-6-4-12-29-19/h4,6-8,12-13,18H,3,5,9-11,14-16H2,1-2H3,(H,23,25). The molecule has 1 aromatic heterocycles. The first-order valence-corrected chi connectivity index (χ1v) is 10.9. The van der Waals surface area contributed by atoms with Crippen LogP contribution in [0.5, 0.6) is 11.5 Å². The van der Waals surface area contributed by atoms with Gasteiger partial charge in [0.15, 0.2) is 11.5 Å². The number of ether oxygens (including phenoxy) is 3. The monoisotopic (exact) mass is 418 g/mol. The highest BCUT2D eigenvalue weighted by molar-refractivity contribution is 7.09. The molecule has 1 fully saturated rings. The lowest BCUT2D eigenvalue weighted by atomic mass is 10.1. The van der Waals surface area contributed by atoms with Gasteiger partial charge in [-0.3, -0.25) is 9.69 Å². The molecule has 1 saturated heterocycles. The van der Waals surface area contributed by atoms with E-state index in [1.54, 1.807) is 25.6 Å². The summed E-state index contributed by atoms with van der Waals surface area (Å²) in [7, 11) is 3.25. The molecule has 1 N–H and O–H groups in total. The summed E-state index contributed by atoms with van der Waals surface area (Å²) in [5.41, 5.74) is 1.10. The molecule has 1 atom stereocenters. The quantitative estimate of drug-likeness (QED) is 0.608. The van der Waals surface area contributed by atoms with Crippen LogP contribution < -0.4 is 14.8 Å². The van der Waals surface area contributed by atoms with Gasteiger partial charge in [0.2, 0.25) is 5.91 Å². The molecule has 3 rings (SSSR count). The average Bonchev–Trinajstić information content (AvgIpc) is 3.42. The summed E-state index contributed by atoms with van der Waals surface area (Å²) in [6, 6.07) is 10.00. The summed E-state index contributed by atoms with van der Waals surface area (Å²) in [6.07, 6.45) is 3.15. The van der Waals surface area contributed by atoms with Gasteiger partial charge in [-0.1, -0.05) is 12.1 Å². The predicted molar refractivity (Wildman–Crippen MR) is 115 cm³/mol. The van der Waals surface area contributed by atoms with Crippen LogP contribution in [0.2, 0.25) is 0 Å². The molecule has 29 heavy (non-hydrogen) atoms. The minimum Gasteiger partial charge on any atom is -0.493 e. The van der Waals surface area contributed by atoms with E-state index in [2.05, 4.69) is 21.7 Å². The van der Waals surface area contributed by atoms with E-state index in [1.807, 2.05) is 24.3 Å². The number of hydrogen-bond donors (Lipinski definition) is 1. The lowest BCUT2D eigenvalue weighted by molar-refractivity contribution is -0.122. The van der Waals surface area contributed by atoms with Gasteiger partial charge in [0.1, 0.15) is 0 Å². The predicted octanol–water partition coefficient (Wildman–Crippen LogP) is 3.11. The first-order valence-electron chi connectivity index (χ1n) is 10.0. The van der Waals surface area contributed by atoms with Crippen LogP contribution in [-0.4, -0.2) is 57.4 Å². The first kappa shape index (κ1) is 21.6. The summed E-state index contributed by atoms with van der Waals surface area (Å²) >= 11 is 1.72. The van der Waals surface area contributed by atoms with Crippen molar-refractivity contribution >= 4 is 17.2 Å². The summed E-state index contributed by atoms with van der Waals surface area (Å²) in [5.74, 6) is 1.45. The number of hydrogen-bond acceptors (Lipinski definition) is 6. The fraction of sp³-hybridized carbons (Fsp3) is 0.500. The zero-order valence-electron chi connectivity index (χ0n) is 17.2. The van der Waals surface area contributed by atoms with Gasteiger partial charge in [-0.05, 0) is 48.4 Å². The summed E-state index contributed by atoms with van der Waals surface area (Å²) in [5, 5.41) is 5.11. The van der Waals surface area contributed by atoms with Crippen molar-refractivity contribution in [3.63, 3.8) is 0 Å². The maximum Gasteiger partial charge on any atom is 0.234 e. The van der Waals surface area contributed by atoms with Crippen LogP contribution in [0.25, 0.3) is 0 Å². The van der Waals surface area contributed by atoms with Crippen molar-refractivity contribution in [3.8, 4) is 11.5 Å². The van der Waals surface area contributed by atoms with E-state index in [-0.39, 0.29) is 12.0 Å². The van der Waals surface area contributed by atoms with Crippen LogP contribution in [0.3, 0.4) is 0 Å². The Bertz CT molecular complexity index is 760. The van der Waals surface area contributed by atoms with Gasteiger partial charge < -0.3 is 19.5 Å². The number of rotatable bonds is 11. The fourth-order valence-electron chi connectivity index (χ4n) is 3.53. The van der Waals surface area contributed by atoms with Gasteiger partial charge in [-0.15, -0.1) is 11.3 Å². The number of nitrogens with one attached hydrogen (secondary N) is 1. The van der Waals surface area contributed by atoms with E-state index in [1.165, 1.54) is 4.88 Å². The van der Waals surface area contributed by atoms with Crippen molar-refractivity contribution in [1.29, 1.82) is 0 Å². The van der Waals surface area contributed by atoms with Crippen LogP contribution in [-0.2, 0) is 22.5 Å². The zero-order valence-corrected chi connectivity index (χ0v) is 18.0. The molecule has 1 amide bonds. The van der Waals surface area contributed by atoms with Crippen LogP contribution in [0.1, 0.15) is 23.3 Å². The molecule has 2 aromatic rings. The van der Waals surface area contributed by atoms with Crippen molar-refractivity contribution in [2.75, 3.05) is 40.5 Å². The normalized spacial score (nSPS) is 16.2. The number of carbonyl (C=O) groups excluding carboxylic acids is 1. The Hall–Kier alpha value is -2.09. The number of amides is 1. The third-order valence-electron chi connectivity index (χ3n) is 5.00. The number of thiophene rings is 1. The number of carbonyl (C=O) groups is 1. The Labute approximate surface area is 176 Å². The second-order valence-corrected chi connectivity index (χ2v) is 8.21. The number of methoxy groups -OCH3 is 2. The molecule has 2 heterocycles. The van der Waals surface area contributed by atoms with Crippen LogP contribution >= 0.6 is 11.3 Å². The lowest BCUT2D eigenvalue weighted by Crippen LogP contribution is -2.40. The Kier molecular flexibility index (Phi) is 8.34. The van der Waals surface area contributed by atoms with Crippen LogP contribution in [0.15, 0.2) is 35.7 Å². The molecule has 1 unspecified atom stereocenters. The highest BCUT2D eigenvalue weighted by atomic mass is 32.1. The van der Waals surface area contributed by atoms with E-state index >= 15 is 0 Å². The Morgan fingerprint density at radius 1 is 1.28 bits per heavy atom.